The van der Waals surface area contributed by atoms with Crippen LogP contribution in [0.25, 0.3) is 10.4 Å². The van der Waals surface area contributed by atoms with E-state index < -0.39 is 5.54 Å². The van der Waals surface area contributed by atoms with Gasteiger partial charge in [0.1, 0.15) is 0 Å². The van der Waals surface area contributed by atoms with Crippen LogP contribution >= 0.6 is 0 Å². The third kappa shape index (κ3) is 4.43. The number of allylic oxidation sites excluding steroid dienone is 2. The molecule has 2 fully saturated rings. The molecule has 35 heavy (non-hydrogen) atoms. The van der Waals surface area contributed by atoms with Crippen molar-refractivity contribution in [3.8, 4) is 0 Å². The molecule has 1 aromatic carbocycles. The number of nitrogens with zero attached hydrogens (tertiary/aromatic N) is 2. The molecule has 0 spiro atoms. The molecule has 3 heterocycles. The third-order valence-electron chi connectivity index (χ3n) is 8.26. The molecule has 3 aliphatic rings. The standard InChI is InChI=1S/C29H36N4O2/c1-19-16-31-24(32-19)25(34)33-23-8-7-21(15-22(23)20-9-11-26(2,3)12-10-20)29(30-6)17-27(4)13-14-28(5,18-29)35-27/h7-9,15-16H,10-14,17-18H2,1-5H3,(H,31,32)(H,33,34)/t27-,28+,29?. The molecule has 2 aliphatic heterocycles. The number of carbonyl (C=O) groups excluding carboxylic acids is 1. The number of rotatable bonds is 4. The summed E-state index contributed by atoms with van der Waals surface area (Å²) in [4.78, 5) is 24.4. The van der Waals surface area contributed by atoms with Crippen LogP contribution in [0.4, 0.5) is 5.69 Å². The Hall–Kier alpha value is -2.91. The van der Waals surface area contributed by atoms with Gasteiger partial charge in [0.05, 0.1) is 24.0 Å². The Morgan fingerprint density at radius 3 is 2.43 bits per heavy atom. The van der Waals surface area contributed by atoms with Gasteiger partial charge >= 0.3 is 0 Å². The molecule has 0 radical (unpaired) electrons. The van der Waals surface area contributed by atoms with Crippen molar-refractivity contribution in [2.75, 3.05) is 5.32 Å². The van der Waals surface area contributed by atoms with Gasteiger partial charge < -0.3 is 19.9 Å². The zero-order valence-corrected chi connectivity index (χ0v) is 21.5. The molecule has 1 amide bonds. The minimum Gasteiger partial charge on any atom is -0.368 e. The van der Waals surface area contributed by atoms with E-state index in [0.29, 0.717) is 18.7 Å². The number of hydrogen-bond donors (Lipinski definition) is 2. The fraction of sp³-hybridized carbons (Fsp3) is 0.552. The van der Waals surface area contributed by atoms with Gasteiger partial charge in [0.25, 0.3) is 11.4 Å². The average Bonchev–Trinajstić information content (AvgIpc) is 3.33. The second kappa shape index (κ2) is 8.06. The molecule has 2 saturated heterocycles. The average molecular weight is 473 g/mol. The van der Waals surface area contributed by atoms with Gasteiger partial charge in [-0.15, -0.1) is 0 Å². The fourth-order valence-electron chi connectivity index (χ4n) is 6.36. The number of benzene rings is 1. The lowest BCUT2D eigenvalue weighted by Gasteiger charge is -2.42. The minimum atomic E-state index is -0.623. The van der Waals surface area contributed by atoms with Gasteiger partial charge in [-0.2, -0.15) is 0 Å². The van der Waals surface area contributed by atoms with E-state index in [1.54, 1.807) is 6.20 Å². The summed E-state index contributed by atoms with van der Waals surface area (Å²) in [5, 5.41) is 3.09. The number of aryl methyl sites for hydroxylation is 1. The number of nitrogens with one attached hydrogen (secondary N) is 2. The molecule has 2 bridgehead atoms. The van der Waals surface area contributed by atoms with E-state index in [0.717, 1.165) is 54.6 Å². The van der Waals surface area contributed by atoms with Crippen LogP contribution in [0.1, 0.15) is 100 Å². The van der Waals surface area contributed by atoms with Gasteiger partial charge in [0.2, 0.25) is 0 Å². The van der Waals surface area contributed by atoms with Crippen LogP contribution in [-0.4, -0.2) is 27.1 Å². The molecule has 1 unspecified atom stereocenters. The minimum absolute atomic E-state index is 0.257. The number of fused-ring (bicyclic) bond motifs is 2. The normalized spacial score (nSPS) is 31.5. The van der Waals surface area contributed by atoms with E-state index in [-0.39, 0.29) is 22.5 Å². The van der Waals surface area contributed by atoms with Crippen molar-refractivity contribution in [2.24, 2.45) is 5.41 Å². The summed E-state index contributed by atoms with van der Waals surface area (Å²) in [5.74, 6) is 0.0450. The van der Waals surface area contributed by atoms with Crippen LogP contribution in [0.2, 0.25) is 0 Å². The molecule has 1 aliphatic carbocycles. The molecular formula is C29H36N4O2. The lowest BCUT2D eigenvalue weighted by molar-refractivity contribution is -0.140. The van der Waals surface area contributed by atoms with E-state index in [1.807, 2.05) is 19.1 Å². The number of anilines is 1. The highest BCUT2D eigenvalue weighted by atomic mass is 16.5. The monoisotopic (exact) mass is 472 g/mol. The third-order valence-corrected chi connectivity index (χ3v) is 8.26. The highest BCUT2D eigenvalue weighted by Gasteiger charge is 2.61. The molecule has 2 aromatic rings. The first-order valence-electron chi connectivity index (χ1n) is 12.7. The number of hydrogen-bond acceptors (Lipinski definition) is 3. The van der Waals surface area contributed by atoms with Gasteiger partial charge in [-0.3, -0.25) is 4.79 Å². The number of carbonyl (C=O) groups is 1. The van der Waals surface area contributed by atoms with Crippen molar-refractivity contribution in [1.29, 1.82) is 0 Å². The van der Waals surface area contributed by atoms with Gasteiger partial charge in [0, 0.05) is 28.7 Å². The van der Waals surface area contributed by atoms with Gasteiger partial charge in [-0.1, -0.05) is 19.9 Å². The van der Waals surface area contributed by atoms with Crippen molar-refractivity contribution in [3.63, 3.8) is 0 Å². The lowest BCUT2D eigenvalue weighted by atomic mass is 9.72. The van der Waals surface area contributed by atoms with Crippen molar-refractivity contribution in [1.82, 2.24) is 9.97 Å². The Labute approximate surface area is 208 Å². The quantitative estimate of drug-likeness (QED) is 0.481. The maximum Gasteiger partial charge on any atom is 0.291 e. The van der Waals surface area contributed by atoms with E-state index in [4.69, 9.17) is 11.3 Å². The first-order chi connectivity index (χ1) is 16.4. The zero-order chi connectivity index (χ0) is 25.1. The van der Waals surface area contributed by atoms with Gasteiger partial charge in [0.15, 0.2) is 5.82 Å². The molecule has 1 aromatic heterocycles. The van der Waals surface area contributed by atoms with E-state index in [1.165, 1.54) is 5.57 Å². The first-order valence-corrected chi connectivity index (χ1v) is 12.7. The number of aromatic amines is 1. The van der Waals surface area contributed by atoms with Gasteiger partial charge in [-0.05, 0) is 82.1 Å². The zero-order valence-electron chi connectivity index (χ0n) is 21.5. The predicted octanol–water partition coefficient (Wildman–Crippen LogP) is 6.80. The summed E-state index contributed by atoms with van der Waals surface area (Å²) in [6.45, 7) is 19.1. The highest BCUT2D eigenvalue weighted by molar-refractivity contribution is 6.03. The second-order valence-corrected chi connectivity index (χ2v) is 12.2. The lowest BCUT2D eigenvalue weighted by Crippen LogP contribution is -2.47. The van der Waals surface area contributed by atoms with Crippen molar-refractivity contribution >= 4 is 17.2 Å². The van der Waals surface area contributed by atoms with Crippen LogP contribution in [-0.2, 0) is 10.3 Å². The summed E-state index contributed by atoms with van der Waals surface area (Å²) >= 11 is 0. The molecule has 184 valence electrons. The van der Waals surface area contributed by atoms with Crippen LogP contribution in [0.15, 0.2) is 30.5 Å². The number of H-pyrrole nitrogens is 1. The first kappa shape index (κ1) is 23.8. The predicted molar refractivity (Wildman–Crippen MR) is 138 cm³/mol. The van der Waals surface area contributed by atoms with Crippen LogP contribution < -0.4 is 5.32 Å². The van der Waals surface area contributed by atoms with Crippen LogP contribution in [0.3, 0.4) is 0 Å². The molecule has 0 saturated carbocycles. The second-order valence-electron chi connectivity index (χ2n) is 12.2. The molecular weight excluding hydrogens is 436 g/mol. The van der Waals surface area contributed by atoms with Gasteiger partial charge in [-0.25, -0.2) is 11.6 Å². The Bertz CT molecular complexity index is 1230. The summed E-state index contributed by atoms with van der Waals surface area (Å²) in [5.41, 5.74) is 4.02. The van der Waals surface area contributed by atoms with Crippen LogP contribution in [0, 0.1) is 18.9 Å². The SMILES string of the molecule is [C-]#[N+]C1(c2ccc(NC(=O)c3ncc(C)[nH]3)c(C3=CCC(C)(C)CC3)c2)C[C@]2(C)CC[C@](C)(C1)O2. The molecule has 6 nitrogen and oxygen atoms in total. The number of ether oxygens (including phenoxy) is 1. The topological polar surface area (TPSA) is 71.4 Å². The van der Waals surface area contributed by atoms with Crippen LogP contribution in [0.5, 0.6) is 0 Å². The van der Waals surface area contributed by atoms with Crippen molar-refractivity contribution < 1.29 is 9.53 Å². The smallest absolute Gasteiger partial charge is 0.291 e. The summed E-state index contributed by atoms with van der Waals surface area (Å²) in [6, 6.07) is 6.19. The fourth-order valence-corrected chi connectivity index (χ4v) is 6.36. The summed E-state index contributed by atoms with van der Waals surface area (Å²) < 4.78 is 6.43. The molecule has 6 heteroatoms. The Morgan fingerprint density at radius 1 is 1.14 bits per heavy atom. The summed E-state index contributed by atoms with van der Waals surface area (Å²) in [7, 11) is 0. The number of aromatic nitrogens is 2. The Morgan fingerprint density at radius 2 is 1.86 bits per heavy atom. The molecule has 2 N–H and O–H groups in total. The van der Waals surface area contributed by atoms with E-state index in [2.05, 4.69) is 60.0 Å². The Balaban J connectivity index is 1.56. The highest BCUT2D eigenvalue weighted by Crippen LogP contribution is 2.57. The maximum atomic E-state index is 13.0. The maximum absolute atomic E-state index is 13.0. The largest absolute Gasteiger partial charge is 0.368 e. The summed E-state index contributed by atoms with van der Waals surface area (Å²) in [6.07, 6.45) is 10.4. The van der Waals surface area contributed by atoms with E-state index >= 15 is 0 Å². The molecule has 3 atom stereocenters. The molecule has 5 rings (SSSR count). The number of imidazole rings is 1. The number of amides is 1. The van der Waals surface area contributed by atoms with Crippen molar-refractivity contribution in [2.45, 2.75) is 96.3 Å². The Kier molecular flexibility index (Phi) is 5.49. The van der Waals surface area contributed by atoms with E-state index in [9.17, 15) is 4.79 Å². The van der Waals surface area contributed by atoms with Crippen molar-refractivity contribution in [3.05, 3.63) is 64.5 Å².